The molecule has 0 aliphatic heterocycles. The number of rotatable bonds is 4. The van der Waals surface area contributed by atoms with Gasteiger partial charge in [-0.2, -0.15) is 0 Å². The zero-order chi connectivity index (χ0) is 15.4. The zero-order valence-electron chi connectivity index (χ0n) is 12.4. The van der Waals surface area contributed by atoms with Gasteiger partial charge in [0, 0.05) is 11.7 Å². The lowest BCUT2D eigenvalue weighted by molar-refractivity contribution is 0.0600. The molecule has 0 fully saturated rings. The number of esters is 1. The lowest BCUT2D eigenvalue weighted by Crippen LogP contribution is -2.10. The van der Waals surface area contributed by atoms with Gasteiger partial charge < -0.3 is 15.2 Å². The molecule has 1 atom stereocenters. The molecule has 0 aliphatic rings. The van der Waals surface area contributed by atoms with Crippen LogP contribution in [0.2, 0.25) is 0 Å². The smallest absolute Gasteiger partial charge is 0.338 e. The Hall–Kier alpha value is -2.49. The highest BCUT2D eigenvalue weighted by Gasteiger charge is 2.13. The van der Waals surface area contributed by atoms with Crippen molar-refractivity contribution in [3.05, 3.63) is 59.2 Å². The number of benzene rings is 2. The summed E-state index contributed by atoms with van der Waals surface area (Å²) in [5.41, 5.74) is 3.23. The van der Waals surface area contributed by atoms with E-state index in [-0.39, 0.29) is 17.8 Å². The van der Waals surface area contributed by atoms with Crippen LogP contribution in [-0.2, 0) is 4.74 Å². The van der Waals surface area contributed by atoms with Crippen molar-refractivity contribution in [3.63, 3.8) is 0 Å². The maximum absolute atomic E-state index is 11.7. The molecule has 2 aromatic rings. The number of carbonyl (C=O) groups excluding carboxylic acids is 1. The van der Waals surface area contributed by atoms with Gasteiger partial charge in [-0.25, -0.2) is 4.79 Å². The molecule has 1 unspecified atom stereocenters. The third kappa shape index (κ3) is 3.34. The fourth-order valence-electron chi connectivity index (χ4n) is 2.23. The first-order valence-corrected chi connectivity index (χ1v) is 6.76. The Bertz CT molecular complexity index is 652. The first-order valence-electron chi connectivity index (χ1n) is 6.76. The maximum atomic E-state index is 11.7. The van der Waals surface area contributed by atoms with Crippen molar-refractivity contribution >= 4 is 11.7 Å². The molecule has 0 aromatic heterocycles. The summed E-state index contributed by atoms with van der Waals surface area (Å²) >= 11 is 0. The van der Waals surface area contributed by atoms with E-state index in [9.17, 15) is 9.90 Å². The van der Waals surface area contributed by atoms with Gasteiger partial charge >= 0.3 is 5.97 Å². The van der Waals surface area contributed by atoms with Crippen LogP contribution in [0.15, 0.2) is 42.5 Å². The first kappa shape index (κ1) is 14.9. The topological polar surface area (TPSA) is 58.6 Å². The molecule has 0 radical (unpaired) electrons. The largest absolute Gasteiger partial charge is 0.508 e. The fourth-order valence-corrected chi connectivity index (χ4v) is 2.23. The average molecular weight is 285 g/mol. The van der Waals surface area contributed by atoms with Crippen LogP contribution in [0.5, 0.6) is 5.75 Å². The van der Waals surface area contributed by atoms with Gasteiger partial charge in [0.2, 0.25) is 0 Å². The van der Waals surface area contributed by atoms with Crippen LogP contribution in [0.1, 0.15) is 34.5 Å². The highest BCUT2D eigenvalue weighted by molar-refractivity contribution is 5.92. The van der Waals surface area contributed by atoms with Gasteiger partial charge in [0.05, 0.1) is 12.7 Å². The summed E-state index contributed by atoms with van der Waals surface area (Å²) < 4.78 is 4.78. The number of phenolic OH excluding ortho intramolecular Hbond substituents is 1. The lowest BCUT2D eigenvalue weighted by atomic mass is 10.0. The van der Waals surface area contributed by atoms with Crippen LogP contribution in [0.3, 0.4) is 0 Å². The highest BCUT2D eigenvalue weighted by atomic mass is 16.5. The van der Waals surface area contributed by atoms with Gasteiger partial charge in [-0.05, 0) is 49.2 Å². The minimum atomic E-state index is -0.346. The Morgan fingerprint density at radius 2 is 1.95 bits per heavy atom. The molecule has 2 rings (SSSR count). The molecule has 0 heterocycles. The number of carbonyl (C=O) groups is 1. The summed E-state index contributed by atoms with van der Waals surface area (Å²) in [5, 5.41) is 12.9. The minimum Gasteiger partial charge on any atom is -0.508 e. The van der Waals surface area contributed by atoms with Crippen molar-refractivity contribution in [2.45, 2.75) is 19.9 Å². The van der Waals surface area contributed by atoms with E-state index in [1.165, 1.54) is 7.11 Å². The summed E-state index contributed by atoms with van der Waals surface area (Å²) in [5.74, 6) is -0.109. The van der Waals surface area contributed by atoms with E-state index in [2.05, 4.69) is 5.32 Å². The SMILES string of the molecule is COC(=O)c1cccc(NC(C)c2cccc(O)c2)c1C. The summed E-state index contributed by atoms with van der Waals surface area (Å²) in [6.07, 6.45) is 0. The Balaban J connectivity index is 2.25. The van der Waals surface area contributed by atoms with E-state index < -0.39 is 0 Å². The molecule has 4 nitrogen and oxygen atoms in total. The molecule has 0 amide bonds. The molecule has 0 spiro atoms. The van der Waals surface area contributed by atoms with E-state index in [1.54, 1.807) is 24.3 Å². The van der Waals surface area contributed by atoms with E-state index in [0.29, 0.717) is 5.56 Å². The van der Waals surface area contributed by atoms with Crippen LogP contribution in [0.25, 0.3) is 0 Å². The van der Waals surface area contributed by atoms with Gasteiger partial charge in [0.1, 0.15) is 5.75 Å². The summed E-state index contributed by atoms with van der Waals surface area (Å²) in [6, 6.07) is 12.6. The molecule has 4 heteroatoms. The van der Waals surface area contributed by atoms with Crippen LogP contribution >= 0.6 is 0 Å². The number of ether oxygens (including phenoxy) is 1. The lowest BCUT2D eigenvalue weighted by Gasteiger charge is -2.18. The number of phenols is 1. The van der Waals surface area contributed by atoms with E-state index >= 15 is 0 Å². The number of hydrogen-bond acceptors (Lipinski definition) is 4. The summed E-state index contributed by atoms with van der Waals surface area (Å²) in [7, 11) is 1.37. The molecule has 0 aliphatic carbocycles. The quantitative estimate of drug-likeness (QED) is 0.842. The van der Waals surface area contributed by atoms with E-state index in [4.69, 9.17) is 4.74 Å². The molecular formula is C17H19NO3. The fraction of sp³-hybridized carbons (Fsp3) is 0.235. The zero-order valence-corrected chi connectivity index (χ0v) is 12.4. The predicted molar refractivity (Wildman–Crippen MR) is 82.7 cm³/mol. The van der Waals surface area contributed by atoms with Crippen LogP contribution in [0.4, 0.5) is 5.69 Å². The van der Waals surface area contributed by atoms with Gasteiger partial charge in [0.25, 0.3) is 0 Å². The molecule has 0 saturated heterocycles. The molecule has 2 N–H and O–H groups in total. The maximum Gasteiger partial charge on any atom is 0.338 e. The van der Waals surface area contributed by atoms with Crippen LogP contribution < -0.4 is 5.32 Å². The highest BCUT2D eigenvalue weighted by Crippen LogP contribution is 2.26. The number of hydrogen-bond donors (Lipinski definition) is 2. The van der Waals surface area contributed by atoms with Gasteiger partial charge in [-0.1, -0.05) is 18.2 Å². The van der Waals surface area contributed by atoms with Crippen molar-refractivity contribution in [2.24, 2.45) is 0 Å². The molecular weight excluding hydrogens is 266 g/mol. The third-order valence-electron chi connectivity index (χ3n) is 3.48. The normalized spacial score (nSPS) is 11.8. The van der Waals surface area contributed by atoms with E-state index in [0.717, 1.165) is 16.8 Å². The molecule has 21 heavy (non-hydrogen) atoms. The van der Waals surface area contributed by atoms with Crippen LogP contribution in [0, 0.1) is 6.92 Å². The Labute approximate surface area is 124 Å². The Kier molecular flexibility index (Phi) is 4.48. The molecule has 110 valence electrons. The Morgan fingerprint density at radius 1 is 1.24 bits per heavy atom. The minimum absolute atomic E-state index is 0.00342. The van der Waals surface area contributed by atoms with Crippen LogP contribution in [-0.4, -0.2) is 18.2 Å². The summed E-state index contributed by atoms with van der Waals surface area (Å²) in [4.78, 5) is 11.7. The second-order valence-corrected chi connectivity index (χ2v) is 4.93. The number of methoxy groups -OCH3 is 1. The third-order valence-corrected chi connectivity index (χ3v) is 3.48. The van der Waals surface area contributed by atoms with Gasteiger partial charge in [-0.3, -0.25) is 0 Å². The Morgan fingerprint density at radius 3 is 2.62 bits per heavy atom. The van der Waals surface area contributed by atoms with E-state index in [1.807, 2.05) is 32.0 Å². The second kappa shape index (κ2) is 6.31. The van der Waals surface area contributed by atoms with Gasteiger partial charge in [0.15, 0.2) is 0 Å². The number of aromatic hydroxyl groups is 1. The first-order chi connectivity index (χ1) is 10.0. The number of anilines is 1. The summed E-state index contributed by atoms with van der Waals surface area (Å²) in [6.45, 7) is 3.88. The van der Waals surface area contributed by atoms with Gasteiger partial charge in [-0.15, -0.1) is 0 Å². The molecule has 0 bridgehead atoms. The molecule has 2 aromatic carbocycles. The standard InChI is InChI=1S/C17H19NO3/c1-11-15(17(20)21-3)8-5-9-16(11)18-12(2)13-6-4-7-14(19)10-13/h4-10,12,18-19H,1-3H3. The monoisotopic (exact) mass is 285 g/mol. The second-order valence-electron chi connectivity index (χ2n) is 4.93. The van der Waals surface area contributed by atoms with Crippen molar-refractivity contribution in [3.8, 4) is 5.75 Å². The molecule has 0 saturated carbocycles. The van der Waals surface area contributed by atoms with Crippen molar-refractivity contribution in [1.29, 1.82) is 0 Å². The van der Waals surface area contributed by atoms with Crippen molar-refractivity contribution in [2.75, 3.05) is 12.4 Å². The average Bonchev–Trinajstić information content (AvgIpc) is 2.48. The van der Waals surface area contributed by atoms with Crippen molar-refractivity contribution in [1.82, 2.24) is 0 Å². The number of nitrogens with one attached hydrogen (secondary N) is 1. The predicted octanol–water partition coefficient (Wildman–Crippen LogP) is 3.66. The van der Waals surface area contributed by atoms with Crippen molar-refractivity contribution < 1.29 is 14.6 Å².